The van der Waals surface area contributed by atoms with Gasteiger partial charge >= 0.3 is 12.5 Å². The van der Waals surface area contributed by atoms with E-state index in [1.54, 1.807) is 0 Å². The molecule has 0 spiro atoms. The zero-order valence-electron chi connectivity index (χ0n) is 25.6. The van der Waals surface area contributed by atoms with E-state index in [1.165, 1.54) is 24.3 Å². The first-order valence-corrected chi connectivity index (χ1v) is 14.9. The fraction of sp³-hybridized carbons (Fsp3) is 0.111. The second-order valence-electron chi connectivity index (χ2n) is 10.9. The largest absolute Gasteiger partial charge is 0.573 e. The van der Waals surface area contributed by atoms with Gasteiger partial charge in [0.15, 0.2) is 11.6 Å². The van der Waals surface area contributed by atoms with Gasteiger partial charge in [0.25, 0.3) is 6.08 Å². The number of ether oxygens (including phenoxy) is 2. The predicted octanol–water partition coefficient (Wildman–Crippen LogP) is 12.9. The lowest BCUT2D eigenvalue weighted by atomic mass is 9.98. The van der Waals surface area contributed by atoms with Gasteiger partial charge < -0.3 is 9.47 Å². The molecule has 5 aromatic rings. The van der Waals surface area contributed by atoms with Crippen LogP contribution in [0.25, 0.3) is 33.4 Å². The van der Waals surface area contributed by atoms with Crippen LogP contribution < -0.4 is 9.47 Å². The number of benzene rings is 5. The maximum atomic E-state index is 15.2. The molecule has 0 saturated carbocycles. The van der Waals surface area contributed by atoms with Gasteiger partial charge in [-0.1, -0.05) is 48.0 Å². The Morgan fingerprint density at radius 2 is 1.15 bits per heavy atom. The molecule has 0 unspecified atom stereocenters. The maximum Gasteiger partial charge on any atom is 0.573 e. The Morgan fingerprint density at radius 3 is 1.69 bits per heavy atom. The summed E-state index contributed by atoms with van der Waals surface area (Å²) >= 11 is 6.09. The molecule has 52 heavy (non-hydrogen) atoms. The molecule has 5 aromatic carbocycles. The fourth-order valence-electron chi connectivity index (χ4n) is 5.15. The third kappa shape index (κ3) is 8.64. The van der Waals surface area contributed by atoms with Crippen molar-refractivity contribution in [1.82, 2.24) is 0 Å². The second-order valence-corrected chi connectivity index (χ2v) is 11.3. The Bertz CT molecular complexity index is 2090. The van der Waals surface area contributed by atoms with E-state index in [0.29, 0.717) is 48.0 Å². The highest BCUT2D eigenvalue weighted by Crippen LogP contribution is 2.41. The van der Waals surface area contributed by atoms with Crippen molar-refractivity contribution < 1.29 is 66.5 Å². The summed E-state index contributed by atoms with van der Waals surface area (Å²) in [6, 6.07) is 11.3. The molecule has 0 radical (unpaired) electrons. The van der Waals surface area contributed by atoms with Crippen molar-refractivity contribution in [2.24, 2.45) is 0 Å². The number of aryl methyl sites for hydroxylation is 1. The molecule has 16 heteroatoms. The van der Waals surface area contributed by atoms with Gasteiger partial charge in [0, 0.05) is 17.2 Å². The molecule has 5 rings (SSSR count). The summed E-state index contributed by atoms with van der Waals surface area (Å²) in [6.07, 6.45) is -11.0. The Morgan fingerprint density at radius 1 is 0.596 bits per heavy atom. The minimum Gasteiger partial charge on any atom is -0.429 e. The van der Waals surface area contributed by atoms with E-state index >= 15 is 17.6 Å². The lowest BCUT2D eigenvalue weighted by molar-refractivity contribution is -0.276. The number of hydrogen-bond donors (Lipinski definition) is 0. The highest BCUT2D eigenvalue weighted by molar-refractivity contribution is 6.33. The number of alkyl halides is 5. The molecule has 0 atom stereocenters. The van der Waals surface area contributed by atoms with Crippen LogP contribution in [0.5, 0.6) is 11.5 Å². The van der Waals surface area contributed by atoms with E-state index in [9.17, 15) is 39.5 Å². The van der Waals surface area contributed by atoms with Crippen LogP contribution in [0.2, 0.25) is 5.02 Å². The number of halogens is 14. The third-order valence-corrected chi connectivity index (χ3v) is 7.70. The van der Waals surface area contributed by atoms with E-state index in [2.05, 4.69) is 9.47 Å². The Labute approximate surface area is 290 Å². The molecule has 2 nitrogen and oxygen atoms in total. The van der Waals surface area contributed by atoms with Crippen molar-refractivity contribution in [3.8, 4) is 44.9 Å². The van der Waals surface area contributed by atoms with Gasteiger partial charge in [0.05, 0.1) is 5.02 Å². The van der Waals surface area contributed by atoms with Crippen molar-refractivity contribution in [3.05, 3.63) is 142 Å². The average Bonchev–Trinajstić information content (AvgIpc) is 3.01. The summed E-state index contributed by atoms with van der Waals surface area (Å²) in [4.78, 5) is 0. The van der Waals surface area contributed by atoms with Crippen LogP contribution in [0.3, 0.4) is 0 Å². The van der Waals surface area contributed by atoms with Gasteiger partial charge in [-0.2, -0.15) is 17.6 Å². The molecular formula is C36H18ClF13O2. The van der Waals surface area contributed by atoms with E-state index in [0.717, 1.165) is 18.2 Å². The van der Waals surface area contributed by atoms with E-state index in [4.69, 9.17) is 11.6 Å². The Balaban J connectivity index is 1.37. The quantitative estimate of drug-likeness (QED) is 0.132. The maximum absolute atomic E-state index is 15.2. The normalized spacial score (nSPS) is 11.8. The lowest BCUT2D eigenvalue weighted by Crippen LogP contribution is -2.25. The SMILES string of the molecule is FC(F)=CCCc1ccc(-c2cc(F)c(C(F)(F)Oc3cc(F)c(-c4ccc(-c5cc(F)c(OC(F)(F)F)c(F)c5)c(F)c4)c(Cl)c3)c(F)c2)cc1. The zero-order chi connectivity index (χ0) is 38.1. The van der Waals surface area contributed by atoms with Crippen LogP contribution in [0, 0.1) is 34.9 Å². The number of rotatable bonds is 10. The van der Waals surface area contributed by atoms with Crippen molar-refractivity contribution in [2.45, 2.75) is 25.3 Å². The van der Waals surface area contributed by atoms with E-state index < -0.39 is 92.2 Å². The monoisotopic (exact) mass is 764 g/mol. The topological polar surface area (TPSA) is 18.5 Å². The molecular weight excluding hydrogens is 747 g/mol. The van der Waals surface area contributed by atoms with Crippen molar-refractivity contribution in [2.75, 3.05) is 0 Å². The van der Waals surface area contributed by atoms with Crippen LogP contribution in [-0.2, 0) is 12.5 Å². The first-order chi connectivity index (χ1) is 24.3. The first kappa shape index (κ1) is 38.1. The van der Waals surface area contributed by atoms with Crippen LogP contribution in [-0.4, -0.2) is 6.36 Å². The Kier molecular flexibility index (Phi) is 10.8. The van der Waals surface area contributed by atoms with Gasteiger partial charge in [-0.15, -0.1) is 13.2 Å². The van der Waals surface area contributed by atoms with E-state index in [-0.39, 0.29) is 29.5 Å². The molecule has 272 valence electrons. The number of allylic oxidation sites excluding steroid dienone is 1. The van der Waals surface area contributed by atoms with E-state index in [1.807, 2.05) is 0 Å². The standard InChI is InChI=1S/C36H18ClF13O2/c37-24-15-22(51-35(46,47)33-27(40)11-20(12-28(33)41)18-6-4-17(5-7-18)2-1-3-31(44)45)16-26(39)32(24)19-8-9-23(25(38)10-19)21-13-29(42)34(30(43)14-21)52-36(48,49)50/h3-16H,1-2H2. The zero-order valence-corrected chi connectivity index (χ0v) is 26.4. The van der Waals surface area contributed by atoms with Gasteiger partial charge in [0.2, 0.25) is 5.75 Å². The summed E-state index contributed by atoms with van der Waals surface area (Å²) in [5, 5.41) is -0.644. The average molecular weight is 765 g/mol. The highest BCUT2D eigenvalue weighted by Gasteiger charge is 2.41. The summed E-state index contributed by atoms with van der Waals surface area (Å²) in [7, 11) is 0. The molecule has 0 fully saturated rings. The minimum absolute atomic E-state index is 0.0399. The van der Waals surface area contributed by atoms with Crippen LogP contribution in [0.4, 0.5) is 57.1 Å². The van der Waals surface area contributed by atoms with Crippen molar-refractivity contribution in [1.29, 1.82) is 0 Å². The molecule has 0 aliphatic heterocycles. The fourth-order valence-corrected chi connectivity index (χ4v) is 5.45. The first-order valence-electron chi connectivity index (χ1n) is 14.5. The van der Waals surface area contributed by atoms with Crippen LogP contribution >= 0.6 is 11.6 Å². The summed E-state index contributed by atoms with van der Waals surface area (Å²) in [6.45, 7) is 0. The molecule has 0 aliphatic rings. The predicted molar refractivity (Wildman–Crippen MR) is 164 cm³/mol. The summed E-state index contributed by atoms with van der Waals surface area (Å²) in [5.41, 5.74) is -3.13. The number of hydrogen-bond acceptors (Lipinski definition) is 2. The van der Waals surface area contributed by atoms with Gasteiger partial charge in [0.1, 0.15) is 34.6 Å². The van der Waals surface area contributed by atoms with Crippen LogP contribution in [0.1, 0.15) is 17.5 Å². The molecule has 0 N–H and O–H groups in total. The highest BCUT2D eigenvalue weighted by atomic mass is 35.5. The minimum atomic E-state index is -5.42. The molecule has 0 saturated heterocycles. The van der Waals surface area contributed by atoms with Gasteiger partial charge in [-0.3, -0.25) is 0 Å². The molecule has 0 aliphatic carbocycles. The third-order valence-electron chi connectivity index (χ3n) is 7.40. The molecule has 0 aromatic heterocycles. The summed E-state index contributed by atoms with van der Waals surface area (Å²) < 4.78 is 188. The van der Waals surface area contributed by atoms with Crippen molar-refractivity contribution in [3.63, 3.8) is 0 Å². The lowest BCUT2D eigenvalue weighted by Gasteiger charge is -2.21. The molecule has 0 heterocycles. The molecule has 0 bridgehead atoms. The van der Waals surface area contributed by atoms with Crippen molar-refractivity contribution >= 4 is 11.6 Å². The van der Waals surface area contributed by atoms with Gasteiger partial charge in [-0.25, -0.2) is 26.3 Å². The second kappa shape index (κ2) is 14.8. The smallest absolute Gasteiger partial charge is 0.429 e. The van der Waals surface area contributed by atoms with Gasteiger partial charge in [-0.05, 0) is 83.1 Å². The summed E-state index contributed by atoms with van der Waals surface area (Å²) in [5.74, 6) is -12.5. The Hall–Kier alpha value is -5.18. The van der Waals surface area contributed by atoms with Crippen LogP contribution in [0.15, 0.2) is 91.0 Å². The molecule has 0 amide bonds.